The van der Waals surface area contributed by atoms with Crippen LogP contribution in [0.5, 0.6) is 5.75 Å². The van der Waals surface area contributed by atoms with Gasteiger partial charge in [0.15, 0.2) is 9.84 Å². The quantitative estimate of drug-likeness (QED) is 0.137. The zero-order chi connectivity index (χ0) is 33.6. The van der Waals surface area contributed by atoms with Crippen LogP contribution in [-0.4, -0.2) is 75.6 Å². The fourth-order valence-electron chi connectivity index (χ4n) is 5.32. The number of carbonyl (C=O) groups is 4. The Morgan fingerprint density at radius 2 is 1.66 bits per heavy atom. The van der Waals surface area contributed by atoms with E-state index in [1.165, 1.54) is 65.2 Å². The van der Waals surface area contributed by atoms with Gasteiger partial charge in [0.25, 0.3) is 11.5 Å². The molecule has 47 heavy (non-hydrogen) atoms. The predicted molar refractivity (Wildman–Crippen MR) is 167 cm³/mol. The molecule has 2 fully saturated rings. The molecule has 4 N–H and O–H groups in total. The molecule has 16 heteroatoms. The van der Waals surface area contributed by atoms with Crippen molar-refractivity contribution in [2.24, 2.45) is 0 Å². The molecule has 0 aliphatic carbocycles. The molecule has 240 valence electrons. The fourth-order valence-corrected chi connectivity index (χ4v) is 7.57. The van der Waals surface area contributed by atoms with Crippen molar-refractivity contribution in [1.82, 2.24) is 20.5 Å². The second-order valence-corrected chi connectivity index (χ2v) is 15.2. The van der Waals surface area contributed by atoms with Crippen LogP contribution >= 0.6 is 11.8 Å². The molecule has 0 saturated carbocycles. The molecule has 3 aromatic rings. The van der Waals surface area contributed by atoms with E-state index in [1.54, 1.807) is 38.1 Å². The van der Waals surface area contributed by atoms with E-state index < -0.39 is 67.3 Å². The molecule has 0 unspecified atom stereocenters. The van der Waals surface area contributed by atoms with Gasteiger partial charge < -0.3 is 35.5 Å². The van der Waals surface area contributed by atoms with E-state index in [0.717, 1.165) is 6.26 Å². The Hall–Kier alpha value is -3.89. The van der Waals surface area contributed by atoms with Crippen LogP contribution in [-0.2, 0) is 24.2 Å². The van der Waals surface area contributed by atoms with Crippen LogP contribution in [0.3, 0.4) is 0 Å². The van der Waals surface area contributed by atoms with Crippen molar-refractivity contribution in [2.75, 3.05) is 6.26 Å². The monoisotopic (exact) mass is 688 g/mol. The number of fused-ring (bicyclic) bond motifs is 1. The fraction of sp³-hybridized carbons (Fsp3) is 0.258. The maximum atomic E-state index is 13.5. The number of phenolic OH excluding ortho intramolecular Hbond substituents is 1. The van der Waals surface area contributed by atoms with E-state index in [4.69, 9.17) is 0 Å². The van der Waals surface area contributed by atoms with Crippen molar-refractivity contribution in [2.45, 2.75) is 47.0 Å². The SMILES string of the molecule is CC1(C)S[C@@H]2[C@H](NC(=O)[C@@H](NC(=O)c3ccc(/C=C/c4ccc(S(C)(=O)=O)cc4)[nH]c3=O)c3ccc(O)cc3)C(=O)N2[C@H]1C(=O)[O-].[Na+]. The Morgan fingerprint density at radius 3 is 2.23 bits per heavy atom. The molecule has 1 aromatic heterocycles. The van der Waals surface area contributed by atoms with Gasteiger partial charge in [0, 0.05) is 16.7 Å². The van der Waals surface area contributed by atoms with Crippen LogP contribution in [0.4, 0.5) is 0 Å². The number of sulfone groups is 1. The number of carboxylic acid groups (broad SMARTS) is 1. The summed E-state index contributed by atoms with van der Waals surface area (Å²) in [4.78, 5) is 68.2. The number of benzene rings is 2. The Labute approximate surface area is 296 Å². The number of amides is 3. The number of pyridine rings is 1. The first-order chi connectivity index (χ1) is 21.6. The van der Waals surface area contributed by atoms with E-state index in [1.807, 2.05) is 0 Å². The molecule has 13 nitrogen and oxygen atoms in total. The number of aromatic hydroxyl groups is 1. The van der Waals surface area contributed by atoms with Gasteiger partial charge in [-0.3, -0.25) is 19.2 Å². The Morgan fingerprint density at radius 1 is 1.02 bits per heavy atom. The summed E-state index contributed by atoms with van der Waals surface area (Å²) in [5, 5.41) is 25.9. The van der Waals surface area contributed by atoms with Crippen LogP contribution in [0.1, 0.15) is 47.1 Å². The van der Waals surface area contributed by atoms with Crippen LogP contribution in [0.15, 0.2) is 70.4 Å². The number of aromatic nitrogens is 1. The van der Waals surface area contributed by atoms with Gasteiger partial charge in [-0.05, 0) is 67.4 Å². The Balaban J connectivity index is 0.00000500. The molecule has 4 atom stereocenters. The molecule has 2 saturated heterocycles. The van der Waals surface area contributed by atoms with Gasteiger partial charge in [-0.1, -0.05) is 30.3 Å². The molecule has 0 spiro atoms. The van der Waals surface area contributed by atoms with Crippen molar-refractivity contribution in [3.63, 3.8) is 0 Å². The number of rotatable bonds is 9. The van der Waals surface area contributed by atoms with Gasteiger partial charge in [-0.15, -0.1) is 11.8 Å². The minimum Gasteiger partial charge on any atom is -0.548 e. The number of carboxylic acids is 1. The van der Waals surface area contributed by atoms with Crippen molar-refractivity contribution in [1.29, 1.82) is 0 Å². The standard InChI is InChI=1S/C31H30N4O9S2.Na/c1-31(2)24(30(41)42)35-28(40)23(29(35)45-31)34-27(39)22(17-7-11-19(36)12-8-17)33-26(38)21-15-10-18(32-25(21)37)9-4-16-5-13-20(14-6-16)46(3,43)44;/h4-15,22-24,29,36H,1-3H3,(H,32,37)(H,33,38)(H,34,39)(H,41,42);/q;+1/p-1/b9-4+;/t22-,23+,24-,29+;/m0./s1. The molecule has 0 radical (unpaired) electrons. The maximum absolute atomic E-state index is 13.5. The molecular weight excluding hydrogens is 659 g/mol. The molecule has 3 heterocycles. The summed E-state index contributed by atoms with van der Waals surface area (Å²) in [7, 11) is -3.34. The van der Waals surface area contributed by atoms with Gasteiger partial charge in [-0.25, -0.2) is 8.42 Å². The van der Waals surface area contributed by atoms with Crippen LogP contribution in [0.25, 0.3) is 12.2 Å². The van der Waals surface area contributed by atoms with E-state index in [-0.39, 0.29) is 51.3 Å². The number of phenols is 1. The van der Waals surface area contributed by atoms with E-state index in [0.29, 0.717) is 11.3 Å². The maximum Gasteiger partial charge on any atom is 1.00 e. The molecule has 5 rings (SSSR count). The number of carbonyl (C=O) groups excluding carboxylic acids is 4. The molecule has 2 aliphatic rings. The summed E-state index contributed by atoms with van der Waals surface area (Å²) in [6.07, 6.45) is 4.31. The van der Waals surface area contributed by atoms with Gasteiger partial charge >= 0.3 is 29.6 Å². The number of hydrogen-bond acceptors (Lipinski definition) is 10. The summed E-state index contributed by atoms with van der Waals surface area (Å²) >= 11 is 1.21. The summed E-state index contributed by atoms with van der Waals surface area (Å²) in [5.74, 6) is -3.78. The molecule has 3 amide bonds. The van der Waals surface area contributed by atoms with Gasteiger partial charge in [0.05, 0.1) is 16.9 Å². The first-order valence-corrected chi connectivity index (χ1v) is 16.7. The number of thioether (sulfide) groups is 1. The van der Waals surface area contributed by atoms with Gasteiger partial charge in [-0.2, -0.15) is 0 Å². The minimum atomic E-state index is -3.34. The average molecular weight is 689 g/mol. The largest absolute Gasteiger partial charge is 1.00 e. The number of β-lactam (4-membered cyclic amide) rings is 1. The minimum absolute atomic E-state index is 0. The zero-order valence-electron chi connectivity index (χ0n) is 25.7. The average Bonchev–Trinajstić information content (AvgIpc) is 3.25. The van der Waals surface area contributed by atoms with Gasteiger partial charge in [0.2, 0.25) is 11.8 Å². The summed E-state index contributed by atoms with van der Waals surface area (Å²) in [6, 6.07) is 10.6. The molecular formula is C31H29N4NaO9S2. The first kappa shape index (κ1) is 36.0. The summed E-state index contributed by atoms with van der Waals surface area (Å²) in [6.45, 7) is 3.33. The van der Waals surface area contributed by atoms with E-state index in [9.17, 15) is 42.6 Å². The number of nitrogens with one attached hydrogen (secondary N) is 3. The number of aliphatic carboxylic acids is 1. The topological polar surface area (TPSA) is 206 Å². The third kappa shape index (κ3) is 7.49. The Kier molecular flexibility index (Phi) is 10.5. The van der Waals surface area contributed by atoms with Crippen LogP contribution in [0, 0.1) is 0 Å². The van der Waals surface area contributed by atoms with Crippen LogP contribution in [0.2, 0.25) is 0 Å². The smallest absolute Gasteiger partial charge is 0.548 e. The third-order valence-corrected chi connectivity index (χ3v) is 10.4. The van der Waals surface area contributed by atoms with E-state index in [2.05, 4.69) is 15.6 Å². The van der Waals surface area contributed by atoms with Crippen LogP contribution < -0.4 is 50.9 Å². The third-order valence-electron chi connectivity index (χ3n) is 7.67. The normalized spacial score (nSPS) is 20.4. The molecule has 2 aromatic carbocycles. The van der Waals surface area contributed by atoms with Crippen molar-refractivity contribution < 1.29 is 67.4 Å². The van der Waals surface area contributed by atoms with Gasteiger partial charge in [0.1, 0.15) is 28.8 Å². The number of H-pyrrole nitrogens is 1. The van der Waals surface area contributed by atoms with E-state index >= 15 is 0 Å². The van der Waals surface area contributed by atoms with Crippen molar-refractivity contribution in [3.8, 4) is 5.75 Å². The second-order valence-electron chi connectivity index (χ2n) is 11.4. The second kappa shape index (κ2) is 13.7. The first-order valence-electron chi connectivity index (χ1n) is 13.9. The Bertz CT molecular complexity index is 1930. The zero-order valence-corrected chi connectivity index (χ0v) is 29.3. The summed E-state index contributed by atoms with van der Waals surface area (Å²) in [5.41, 5.74) is 0.209. The predicted octanol–water partition coefficient (Wildman–Crippen LogP) is -2.57. The number of hydrogen-bond donors (Lipinski definition) is 4. The summed E-state index contributed by atoms with van der Waals surface area (Å²) < 4.78 is 22.4. The number of aromatic amines is 1. The van der Waals surface area contributed by atoms with Crippen molar-refractivity contribution >= 4 is 57.4 Å². The van der Waals surface area contributed by atoms with Crippen molar-refractivity contribution in [3.05, 3.63) is 93.4 Å². The molecule has 0 bridgehead atoms. The molecule has 2 aliphatic heterocycles. The number of nitrogens with zero attached hydrogens (tertiary/aromatic N) is 1.